The normalized spacial score (nSPS) is 12.4. The summed E-state index contributed by atoms with van der Waals surface area (Å²) in [7, 11) is 1.40. The van der Waals surface area contributed by atoms with Crippen LogP contribution >= 0.6 is 0 Å². The number of nitrogens with one attached hydrogen (secondary N) is 4. The summed E-state index contributed by atoms with van der Waals surface area (Å²) >= 11 is 0. The molecule has 4 aromatic heterocycles. The van der Waals surface area contributed by atoms with Crippen LogP contribution in [0.4, 0.5) is 28.7 Å². The number of hydrogen-bond donors (Lipinski definition) is 4. The van der Waals surface area contributed by atoms with E-state index in [0.29, 0.717) is 16.9 Å². The number of para-hydroxylation sites is 2. The Labute approximate surface area is 394 Å². The molecule has 1 aliphatic rings. The van der Waals surface area contributed by atoms with Crippen LogP contribution in [0.15, 0.2) is 216 Å². The molecule has 9 nitrogen and oxygen atoms in total. The van der Waals surface area contributed by atoms with E-state index in [1.165, 1.54) is 7.11 Å². The highest BCUT2D eigenvalue weighted by Crippen LogP contribution is 2.39. The number of aromatic nitrogens is 4. The van der Waals surface area contributed by atoms with Crippen molar-refractivity contribution in [2.45, 2.75) is 0 Å². The van der Waals surface area contributed by atoms with Crippen molar-refractivity contribution in [2.75, 3.05) is 12.0 Å². The zero-order valence-electron chi connectivity index (χ0n) is 37.3. The summed E-state index contributed by atoms with van der Waals surface area (Å²) in [4.78, 5) is 41.4. The molecule has 69 heavy (non-hydrogen) atoms. The van der Waals surface area contributed by atoms with Gasteiger partial charge >= 0.3 is 5.97 Å². The largest absolute Gasteiger partial charge is 0.465 e. The lowest BCUT2D eigenvalue weighted by Crippen LogP contribution is -2.16. The highest BCUT2D eigenvalue weighted by Gasteiger charge is 2.23. The standard InChI is InChI=1S/C60H41N7O2/c1-69-60(68)38-30-28-36(29-31-38)50-52-42-20-8-12-24-46(42)56(61-52)65-58-48-26-14-10-22-44(48)54(63-58)51(37-32-34-41(35-33-37)67(39-16-4-2-5-17-39)40-18-6-3-7-19-40)55-45-23-11-15-27-49(45)59(64-55)66-57-47-25-13-9-21-43(47)53(50)62-57/h2-35H,1H3,(H2,61,63,65)(H2,62,64,66). The minimum absolute atomic E-state index is 0.396. The third-order valence-corrected chi connectivity index (χ3v) is 13.3. The van der Waals surface area contributed by atoms with Gasteiger partial charge in [0.25, 0.3) is 0 Å². The molecule has 0 unspecified atom stereocenters. The quantitative estimate of drug-likeness (QED) is 0.125. The van der Waals surface area contributed by atoms with E-state index < -0.39 is 5.97 Å². The lowest BCUT2D eigenvalue weighted by molar-refractivity contribution is 0.0600. The van der Waals surface area contributed by atoms with Crippen molar-refractivity contribution in [3.63, 3.8) is 0 Å². The highest BCUT2D eigenvalue weighted by molar-refractivity contribution is 6.06. The Bertz CT molecular complexity index is 4200. The number of H-pyrrole nitrogens is 4. The van der Waals surface area contributed by atoms with Crippen LogP contribution in [0, 0.1) is 0 Å². The van der Waals surface area contributed by atoms with Gasteiger partial charge in [-0.15, -0.1) is 0 Å². The van der Waals surface area contributed by atoms with Crippen molar-refractivity contribution in [1.82, 2.24) is 19.9 Å². The molecule has 8 aromatic carbocycles. The van der Waals surface area contributed by atoms with Gasteiger partial charge < -0.3 is 29.6 Å². The van der Waals surface area contributed by atoms with Crippen LogP contribution in [0.3, 0.4) is 0 Å². The van der Waals surface area contributed by atoms with Gasteiger partial charge in [-0.25, -0.2) is 14.8 Å². The molecular weight excluding hydrogens is 851 g/mol. The van der Waals surface area contributed by atoms with Gasteiger partial charge in [0.2, 0.25) is 0 Å². The lowest BCUT2D eigenvalue weighted by atomic mass is 9.97. The van der Waals surface area contributed by atoms with Gasteiger partial charge in [-0.3, -0.25) is 0 Å². The summed E-state index contributed by atoms with van der Waals surface area (Å²) in [5.41, 5.74) is 10.6. The van der Waals surface area contributed by atoms with Crippen LogP contribution in [0.5, 0.6) is 0 Å². The smallest absolute Gasteiger partial charge is 0.337 e. The van der Waals surface area contributed by atoms with Crippen molar-refractivity contribution < 1.29 is 9.53 Å². The Morgan fingerprint density at radius 2 is 0.754 bits per heavy atom. The first-order valence-electron chi connectivity index (χ1n) is 22.9. The van der Waals surface area contributed by atoms with Gasteiger partial charge in [0.05, 0.1) is 34.8 Å². The molecule has 0 spiro atoms. The minimum Gasteiger partial charge on any atom is -0.465 e. The molecule has 0 saturated carbocycles. The molecule has 13 rings (SSSR count). The van der Waals surface area contributed by atoms with E-state index in [1.54, 1.807) is 0 Å². The number of carbonyl (C=O) groups excluding carboxylic acids is 1. The predicted octanol–water partition coefficient (Wildman–Crippen LogP) is 11.6. The van der Waals surface area contributed by atoms with Crippen LogP contribution in [-0.2, 0) is 4.74 Å². The first-order chi connectivity index (χ1) is 34.1. The first kappa shape index (κ1) is 39.9. The fraction of sp³-hybridized carbons (Fsp3) is 0.0167. The SMILES string of the molecule is COC(=O)c1ccc(C2=c3[nH]c(c4ccccc34)=Nc3[nH]c(c4ccccc34)C(c3ccc(N(c4ccccc4)c4ccccc4)cc3)=c3[nH]c(c4ccccc34)=Nc3[nH]c2c2ccccc32)cc1. The summed E-state index contributed by atoms with van der Waals surface area (Å²) in [6.07, 6.45) is 0. The maximum Gasteiger partial charge on any atom is 0.337 e. The average molecular weight is 892 g/mol. The van der Waals surface area contributed by atoms with Crippen LogP contribution in [0.2, 0.25) is 0 Å². The number of aromatic amines is 4. The van der Waals surface area contributed by atoms with E-state index in [2.05, 4.69) is 183 Å². The van der Waals surface area contributed by atoms with E-state index in [9.17, 15) is 4.79 Å². The number of nitrogens with zero attached hydrogens (tertiary/aromatic N) is 3. The summed E-state index contributed by atoms with van der Waals surface area (Å²) < 4.78 is 5.08. The molecule has 0 fully saturated rings. The third kappa shape index (κ3) is 6.59. The number of hydrogen-bond acceptors (Lipinski definition) is 5. The monoisotopic (exact) mass is 891 g/mol. The van der Waals surface area contributed by atoms with E-state index in [0.717, 1.165) is 116 Å². The van der Waals surface area contributed by atoms with Gasteiger partial charge in [0, 0.05) is 71.3 Å². The number of fused-ring (bicyclic) bond motifs is 20. The molecule has 0 amide bonds. The van der Waals surface area contributed by atoms with Crippen LogP contribution in [0.25, 0.3) is 54.2 Å². The van der Waals surface area contributed by atoms with E-state index in [-0.39, 0.29) is 0 Å². The van der Waals surface area contributed by atoms with Gasteiger partial charge in [-0.05, 0) is 59.7 Å². The Balaban J connectivity index is 1.15. The average Bonchev–Trinajstić information content (AvgIpc) is 4.17. The second-order valence-corrected chi connectivity index (χ2v) is 17.2. The second-order valence-electron chi connectivity index (χ2n) is 17.2. The fourth-order valence-electron chi connectivity index (χ4n) is 10.1. The Hall–Kier alpha value is -9.47. The molecular formula is C60H41N7O2. The van der Waals surface area contributed by atoms with Crippen molar-refractivity contribution >= 4 is 88.9 Å². The van der Waals surface area contributed by atoms with Crippen molar-refractivity contribution in [3.8, 4) is 0 Å². The minimum atomic E-state index is -0.396. The molecule has 328 valence electrons. The number of esters is 1. The van der Waals surface area contributed by atoms with Crippen LogP contribution < -0.4 is 26.6 Å². The molecule has 1 aliphatic heterocycles. The van der Waals surface area contributed by atoms with Gasteiger partial charge in [0.1, 0.15) is 22.6 Å². The van der Waals surface area contributed by atoms with Crippen LogP contribution in [0.1, 0.15) is 32.9 Å². The molecule has 12 aromatic rings. The fourth-order valence-corrected chi connectivity index (χ4v) is 10.1. The number of anilines is 3. The highest BCUT2D eigenvalue weighted by atomic mass is 16.5. The second kappa shape index (κ2) is 16.1. The summed E-state index contributed by atoms with van der Waals surface area (Å²) in [6.45, 7) is 0. The molecule has 0 aliphatic carbocycles. The maximum atomic E-state index is 12.7. The molecule has 0 atom stereocenters. The van der Waals surface area contributed by atoms with Gasteiger partial charge in [-0.1, -0.05) is 158 Å². The Morgan fingerprint density at radius 1 is 0.391 bits per heavy atom. The van der Waals surface area contributed by atoms with Crippen molar-refractivity contribution in [3.05, 3.63) is 256 Å². The molecule has 0 saturated heterocycles. The predicted molar refractivity (Wildman–Crippen MR) is 276 cm³/mol. The number of methoxy groups -OCH3 is 1. The number of rotatable bonds is 6. The van der Waals surface area contributed by atoms with E-state index in [4.69, 9.17) is 14.7 Å². The Kier molecular flexibility index (Phi) is 9.33. The summed E-state index contributed by atoms with van der Waals surface area (Å²) in [5, 5.41) is 9.72. The molecule has 4 N–H and O–H groups in total. The first-order valence-corrected chi connectivity index (χ1v) is 22.9. The topological polar surface area (TPSA) is 117 Å². The zero-order valence-corrected chi connectivity index (χ0v) is 37.3. The zero-order chi connectivity index (χ0) is 46.0. The maximum absolute atomic E-state index is 12.7. The Morgan fingerprint density at radius 3 is 1.19 bits per heavy atom. The summed E-state index contributed by atoms with van der Waals surface area (Å²) in [5.74, 6) is 1.03. The van der Waals surface area contributed by atoms with Gasteiger partial charge in [-0.2, -0.15) is 0 Å². The number of ether oxygens (including phenoxy) is 1. The van der Waals surface area contributed by atoms with Crippen LogP contribution in [-0.4, -0.2) is 33.0 Å². The molecule has 9 heteroatoms. The lowest BCUT2D eigenvalue weighted by Gasteiger charge is -2.25. The molecule has 5 heterocycles. The molecule has 8 bridgehead atoms. The number of benzene rings is 8. The van der Waals surface area contributed by atoms with Crippen molar-refractivity contribution in [1.29, 1.82) is 0 Å². The van der Waals surface area contributed by atoms with E-state index in [1.807, 2.05) is 48.5 Å². The molecule has 0 radical (unpaired) electrons. The number of carbonyl (C=O) groups is 1. The third-order valence-electron chi connectivity index (χ3n) is 13.3. The van der Waals surface area contributed by atoms with Gasteiger partial charge in [0.15, 0.2) is 0 Å². The summed E-state index contributed by atoms with van der Waals surface area (Å²) in [6, 6.07) is 70.9. The van der Waals surface area contributed by atoms with Crippen molar-refractivity contribution in [2.24, 2.45) is 9.98 Å². The van der Waals surface area contributed by atoms with E-state index >= 15 is 0 Å².